The third-order valence-corrected chi connectivity index (χ3v) is 8.69. The van der Waals surface area contributed by atoms with Gasteiger partial charge in [0.05, 0.1) is 0 Å². The Morgan fingerprint density at radius 1 is 0.656 bits per heavy atom. The van der Waals surface area contributed by atoms with Gasteiger partial charge in [0, 0.05) is 0 Å². The Labute approximate surface area is 190 Å². The maximum atomic E-state index is 9.75. The van der Waals surface area contributed by atoms with Gasteiger partial charge in [0.1, 0.15) is 0 Å². The summed E-state index contributed by atoms with van der Waals surface area (Å²) in [7, 11) is -4.33. The molecule has 3 nitrogen and oxygen atoms in total. The van der Waals surface area contributed by atoms with Gasteiger partial charge >= 0.3 is 173 Å². The summed E-state index contributed by atoms with van der Waals surface area (Å²) in [4.78, 5) is 0. The molecule has 0 N–H and O–H groups in total. The predicted octanol–water partition coefficient (Wildman–Crippen LogP) is 3.54. The molecule has 0 bridgehead atoms. The zero-order valence-electron chi connectivity index (χ0n) is 17.6. The maximum Gasteiger partial charge on any atom is 0.673 e. The van der Waals surface area contributed by atoms with Gasteiger partial charge in [-0.3, -0.25) is 0 Å². The third-order valence-electron chi connectivity index (χ3n) is 3.94. The quantitative estimate of drug-likeness (QED) is 0.235. The molecule has 0 heterocycles. The van der Waals surface area contributed by atoms with Crippen LogP contribution in [0.5, 0.6) is 5.75 Å². The standard InChI is InChI=1S/C23H25O3Se.BF4/c1-24-16-17-25-18-19-26-22-14-8-9-15-23(22)27(20-10-4-2-5-11-20)21-12-6-3-7-13-21;2-1(3,4)5/h2-15H,16-19H2,1H3;/q+1;-1. The van der Waals surface area contributed by atoms with E-state index < -0.39 is 21.2 Å². The molecule has 3 aromatic carbocycles. The largest absolute Gasteiger partial charge is 0.673 e. The molecule has 0 aliphatic heterocycles. The molecule has 32 heavy (non-hydrogen) atoms. The zero-order valence-corrected chi connectivity index (χ0v) is 19.3. The van der Waals surface area contributed by atoms with Gasteiger partial charge in [0.2, 0.25) is 0 Å². The van der Waals surface area contributed by atoms with Gasteiger partial charge in [-0.05, 0) is 0 Å². The number of halogens is 4. The smallest absolute Gasteiger partial charge is 0.418 e. The number of hydrogen-bond acceptors (Lipinski definition) is 3. The van der Waals surface area contributed by atoms with E-state index >= 15 is 0 Å². The van der Waals surface area contributed by atoms with Crippen molar-refractivity contribution in [1.29, 1.82) is 0 Å². The molecule has 0 amide bonds. The van der Waals surface area contributed by atoms with Crippen molar-refractivity contribution < 1.29 is 31.5 Å². The first-order valence-electron chi connectivity index (χ1n) is 9.90. The molecule has 0 aliphatic carbocycles. The third kappa shape index (κ3) is 9.87. The average molecular weight is 515 g/mol. The number of benzene rings is 3. The van der Waals surface area contributed by atoms with Gasteiger partial charge in [-0.1, -0.05) is 0 Å². The minimum absolute atomic E-state index is 0.531. The zero-order chi connectivity index (χ0) is 23.2. The second kappa shape index (κ2) is 14.0. The molecular weight excluding hydrogens is 490 g/mol. The number of hydrogen-bond donors (Lipinski definition) is 0. The van der Waals surface area contributed by atoms with Crippen LogP contribution in [0, 0.1) is 0 Å². The van der Waals surface area contributed by atoms with Crippen LogP contribution in [-0.4, -0.2) is 54.7 Å². The Kier molecular flexibility index (Phi) is 11.3. The van der Waals surface area contributed by atoms with Gasteiger partial charge in [-0.25, -0.2) is 0 Å². The Morgan fingerprint density at radius 3 is 1.66 bits per heavy atom. The van der Waals surface area contributed by atoms with E-state index in [1.165, 1.54) is 13.4 Å². The van der Waals surface area contributed by atoms with Crippen molar-refractivity contribution >= 4 is 34.5 Å². The SMILES string of the molecule is COCCOCCOc1ccccc1[Se+](c1ccccc1)c1ccccc1.F[B-](F)(F)F. The van der Waals surface area contributed by atoms with Crippen LogP contribution in [0.25, 0.3) is 0 Å². The summed E-state index contributed by atoms with van der Waals surface area (Å²) in [6.45, 7) is 2.28. The Bertz CT molecular complexity index is 853. The fourth-order valence-electron chi connectivity index (χ4n) is 2.70. The summed E-state index contributed by atoms with van der Waals surface area (Å²) in [6, 6.07) is 29.9. The molecule has 0 saturated carbocycles. The topological polar surface area (TPSA) is 27.7 Å². The van der Waals surface area contributed by atoms with Crippen LogP contribution in [0.2, 0.25) is 0 Å². The van der Waals surface area contributed by atoms with Crippen molar-refractivity contribution in [3.8, 4) is 5.75 Å². The minimum Gasteiger partial charge on any atom is -0.418 e. The van der Waals surface area contributed by atoms with E-state index in [1.807, 2.05) is 6.07 Å². The molecule has 0 unspecified atom stereocenters. The Balaban J connectivity index is 0.000000654. The monoisotopic (exact) mass is 516 g/mol. The summed E-state index contributed by atoms with van der Waals surface area (Å²) < 4.78 is 59.7. The van der Waals surface area contributed by atoms with Crippen molar-refractivity contribution in [2.75, 3.05) is 33.5 Å². The first kappa shape index (κ1) is 25.9. The number of ether oxygens (including phenoxy) is 3. The van der Waals surface area contributed by atoms with Crippen LogP contribution in [0.3, 0.4) is 0 Å². The van der Waals surface area contributed by atoms with E-state index in [1.54, 1.807) is 7.11 Å². The van der Waals surface area contributed by atoms with Crippen molar-refractivity contribution in [1.82, 2.24) is 0 Å². The minimum atomic E-state index is -6.00. The molecule has 3 rings (SSSR count). The summed E-state index contributed by atoms with van der Waals surface area (Å²) >= 11 is -1.43. The molecule has 172 valence electrons. The molecule has 3 aromatic rings. The molecule has 0 spiro atoms. The Hall–Kier alpha value is -2.32. The first-order valence-corrected chi connectivity index (χ1v) is 12.5. The van der Waals surface area contributed by atoms with Crippen LogP contribution in [0.1, 0.15) is 0 Å². The van der Waals surface area contributed by atoms with E-state index in [9.17, 15) is 17.3 Å². The van der Waals surface area contributed by atoms with E-state index in [2.05, 4.69) is 78.9 Å². The molecule has 0 aromatic heterocycles. The van der Waals surface area contributed by atoms with Crippen molar-refractivity contribution in [2.45, 2.75) is 0 Å². The summed E-state index contributed by atoms with van der Waals surface area (Å²) in [6.07, 6.45) is 0. The molecule has 0 radical (unpaired) electrons. The summed E-state index contributed by atoms with van der Waals surface area (Å²) in [5, 5.41) is 0. The van der Waals surface area contributed by atoms with Crippen molar-refractivity contribution in [3.05, 3.63) is 84.9 Å². The van der Waals surface area contributed by atoms with Crippen LogP contribution in [0.4, 0.5) is 17.3 Å². The van der Waals surface area contributed by atoms with Gasteiger partial charge in [-0.2, -0.15) is 0 Å². The van der Waals surface area contributed by atoms with Crippen LogP contribution in [-0.2, 0) is 9.47 Å². The van der Waals surface area contributed by atoms with Gasteiger partial charge in [-0.15, -0.1) is 0 Å². The fourth-order valence-corrected chi connectivity index (χ4v) is 7.27. The molecular formula is C23H25BF4O3Se. The van der Waals surface area contributed by atoms with Crippen LogP contribution < -0.4 is 18.1 Å². The van der Waals surface area contributed by atoms with E-state index in [0.717, 1.165) is 5.75 Å². The molecule has 0 aliphatic rings. The molecule has 0 saturated heterocycles. The first-order chi connectivity index (χ1) is 15.4. The second-order valence-electron chi connectivity index (χ2n) is 6.33. The normalized spacial score (nSPS) is 11.1. The number of rotatable bonds is 10. The second-order valence-corrected chi connectivity index (χ2v) is 10.5. The van der Waals surface area contributed by atoms with Gasteiger partial charge in [0.25, 0.3) is 0 Å². The predicted molar refractivity (Wildman–Crippen MR) is 122 cm³/mol. The molecule has 0 fully saturated rings. The van der Waals surface area contributed by atoms with Crippen LogP contribution in [0.15, 0.2) is 84.9 Å². The van der Waals surface area contributed by atoms with Gasteiger partial charge < -0.3 is 17.3 Å². The summed E-state index contributed by atoms with van der Waals surface area (Å²) in [5.41, 5.74) is 0. The maximum absolute atomic E-state index is 9.75. The molecule has 0 atom stereocenters. The molecule has 9 heteroatoms. The van der Waals surface area contributed by atoms with Gasteiger partial charge in [0.15, 0.2) is 0 Å². The average Bonchev–Trinajstić information content (AvgIpc) is 2.78. The van der Waals surface area contributed by atoms with E-state index in [0.29, 0.717) is 26.4 Å². The number of methoxy groups -OCH3 is 1. The Morgan fingerprint density at radius 2 is 1.12 bits per heavy atom. The van der Waals surface area contributed by atoms with Crippen molar-refractivity contribution in [2.24, 2.45) is 0 Å². The fraction of sp³-hybridized carbons (Fsp3) is 0.217. The number of para-hydroxylation sites is 1. The summed E-state index contributed by atoms with van der Waals surface area (Å²) in [5.74, 6) is 0.950. The van der Waals surface area contributed by atoms with E-state index in [4.69, 9.17) is 14.2 Å². The van der Waals surface area contributed by atoms with Crippen LogP contribution >= 0.6 is 0 Å². The van der Waals surface area contributed by atoms with E-state index in [-0.39, 0.29) is 0 Å². The van der Waals surface area contributed by atoms with Crippen molar-refractivity contribution in [3.63, 3.8) is 0 Å².